The Morgan fingerprint density at radius 2 is 2.38 bits per heavy atom. The smallest absolute Gasteiger partial charge is 0.199 e. The molecule has 7 heteroatoms. The van der Waals surface area contributed by atoms with E-state index >= 15 is 0 Å². The van der Waals surface area contributed by atoms with Crippen LogP contribution in [0.2, 0.25) is 0 Å². The van der Waals surface area contributed by atoms with Crippen LogP contribution in [-0.4, -0.2) is 37.6 Å². The number of nitrogens with two attached hydrogens (primary N) is 1. The van der Waals surface area contributed by atoms with Crippen LogP contribution in [0, 0.1) is 0 Å². The van der Waals surface area contributed by atoms with Gasteiger partial charge in [0.15, 0.2) is 11.5 Å². The molecule has 2 heterocycles. The Kier molecular flexibility index (Phi) is 3.25. The average molecular weight is 221 g/mol. The van der Waals surface area contributed by atoms with E-state index in [9.17, 15) is 0 Å². The van der Waals surface area contributed by atoms with Crippen molar-refractivity contribution in [1.29, 1.82) is 0 Å². The fourth-order valence-corrected chi connectivity index (χ4v) is 1.52. The van der Waals surface area contributed by atoms with Gasteiger partial charge >= 0.3 is 0 Å². The number of aromatic nitrogens is 5. The maximum absolute atomic E-state index is 5.47. The molecule has 0 aliphatic heterocycles. The van der Waals surface area contributed by atoms with Crippen molar-refractivity contribution in [3.8, 4) is 0 Å². The van der Waals surface area contributed by atoms with E-state index in [0.717, 1.165) is 18.7 Å². The lowest BCUT2D eigenvalue weighted by Gasteiger charge is -2.14. The molecule has 0 aromatic carbocycles. The second-order valence-corrected chi connectivity index (χ2v) is 3.72. The maximum atomic E-state index is 5.47. The highest BCUT2D eigenvalue weighted by Crippen LogP contribution is 2.09. The predicted molar refractivity (Wildman–Crippen MR) is 60.0 cm³/mol. The van der Waals surface area contributed by atoms with Gasteiger partial charge < -0.3 is 11.1 Å². The zero-order chi connectivity index (χ0) is 11.4. The quantitative estimate of drug-likeness (QED) is 0.741. The van der Waals surface area contributed by atoms with Gasteiger partial charge in [-0.25, -0.2) is 0 Å². The van der Waals surface area contributed by atoms with Gasteiger partial charge in [-0.3, -0.25) is 4.98 Å². The summed E-state index contributed by atoms with van der Waals surface area (Å²) in [7, 11) is 0. The minimum absolute atomic E-state index is 0.320. The predicted octanol–water partition coefficient (Wildman–Crippen LogP) is 0.0586. The van der Waals surface area contributed by atoms with Crippen molar-refractivity contribution in [2.75, 3.05) is 11.9 Å². The summed E-state index contributed by atoms with van der Waals surface area (Å²) >= 11 is 0. The van der Waals surface area contributed by atoms with Gasteiger partial charge in [0.1, 0.15) is 0 Å². The molecule has 0 saturated carbocycles. The maximum Gasteiger partial charge on any atom is 0.199 e. The lowest BCUT2D eigenvalue weighted by molar-refractivity contribution is 0.655. The topological polar surface area (TPSA) is 94.0 Å². The zero-order valence-corrected chi connectivity index (χ0v) is 9.17. The van der Waals surface area contributed by atoms with Crippen LogP contribution in [0.1, 0.15) is 19.8 Å². The molecular formula is C9H15N7. The van der Waals surface area contributed by atoms with Crippen LogP contribution in [0.3, 0.4) is 0 Å². The molecule has 0 radical (unpaired) electrons. The summed E-state index contributed by atoms with van der Waals surface area (Å²) in [5.74, 6) is 0.798. The number of rotatable bonds is 5. The van der Waals surface area contributed by atoms with Gasteiger partial charge in [-0.15, -0.1) is 5.10 Å². The molecule has 0 amide bonds. The van der Waals surface area contributed by atoms with Gasteiger partial charge in [0.25, 0.3) is 0 Å². The summed E-state index contributed by atoms with van der Waals surface area (Å²) in [6.45, 7) is 2.80. The second-order valence-electron chi connectivity index (χ2n) is 3.72. The van der Waals surface area contributed by atoms with Crippen LogP contribution in [-0.2, 0) is 0 Å². The molecule has 1 unspecified atom stereocenters. The Hall–Kier alpha value is -1.76. The van der Waals surface area contributed by atoms with Crippen LogP contribution in [0.15, 0.2) is 12.4 Å². The Bertz CT molecular complexity index is 452. The van der Waals surface area contributed by atoms with Crippen LogP contribution in [0.5, 0.6) is 0 Å². The first-order valence-electron chi connectivity index (χ1n) is 5.30. The van der Waals surface area contributed by atoms with E-state index in [4.69, 9.17) is 5.73 Å². The van der Waals surface area contributed by atoms with E-state index in [-0.39, 0.29) is 0 Å². The molecule has 86 valence electrons. The minimum Gasteiger partial charge on any atom is -0.366 e. The number of nitrogens with one attached hydrogen (secondary N) is 1. The summed E-state index contributed by atoms with van der Waals surface area (Å²) in [6.07, 6.45) is 5.33. The number of hydrogen-bond donors (Lipinski definition) is 2. The molecule has 0 spiro atoms. The van der Waals surface area contributed by atoms with Crippen LogP contribution >= 0.6 is 0 Å². The molecular weight excluding hydrogens is 206 g/mol. The fraction of sp³-hybridized carbons (Fsp3) is 0.556. The largest absolute Gasteiger partial charge is 0.366 e. The van der Waals surface area contributed by atoms with Gasteiger partial charge in [0, 0.05) is 6.04 Å². The third kappa shape index (κ3) is 2.25. The lowest BCUT2D eigenvalue weighted by Crippen LogP contribution is -2.19. The highest BCUT2D eigenvalue weighted by molar-refractivity contribution is 5.44. The molecule has 0 fully saturated rings. The summed E-state index contributed by atoms with van der Waals surface area (Å²) in [6, 6.07) is 0.320. The normalized spacial score (nSPS) is 12.9. The SMILES string of the molecule is CC(CCCN)Nc1cncc2nnnn12. The van der Waals surface area contributed by atoms with Gasteiger partial charge in [-0.05, 0) is 36.7 Å². The molecule has 0 saturated heterocycles. The van der Waals surface area contributed by atoms with Crippen LogP contribution in [0.25, 0.3) is 5.65 Å². The first kappa shape index (κ1) is 10.7. The van der Waals surface area contributed by atoms with Crippen molar-refractivity contribution in [3.63, 3.8) is 0 Å². The Labute approximate surface area is 93.0 Å². The van der Waals surface area contributed by atoms with E-state index in [1.54, 1.807) is 16.9 Å². The van der Waals surface area contributed by atoms with Crippen molar-refractivity contribution >= 4 is 11.5 Å². The van der Waals surface area contributed by atoms with Crippen molar-refractivity contribution in [1.82, 2.24) is 25.0 Å². The molecule has 7 nitrogen and oxygen atoms in total. The summed E-state index contributed by atoms with van der Waals surface area (Å²) in [5.41, 5.74) is 6.10. The van der Waals surface area contributed by atoms with E-state index in [1.165, 1.54) is 0 Å². The third-order valence-corrected chi connectivity index (χ3v) is 2.34. The van der Waals surface area contributed by atoms with Crippen LogP contribution < -0.4 is 11.1 Å². The van der Waals surface area contributed by atoms with Gasteiger partial charge in [-0.2, -0.15) is 4.52 Å². The van der Waals surface area contributed by atoms with Crippen molar-refractivity contribution in [3.05, 3.63) is 12.4 Å². The number of nitrogens with zero attached hydrogens (tertiary/aromatic N) is 5. The molecule has 0 aliphatic rings. The summed E-state index contributed by atoms with van der Waals surface area (Å²) < 4.78 is 1.63. The molecule has 0 bridgehead atoms. The summed E-state index contributed by atoms with van der Waals surface area (Å²) in [5, 5.41) is 14.6. The highest BCUT2D eigenvalue weighted by Gasteiger charge is 2.06. The van der Waals surface area contributed by atoms with E-state index in [2.05, 4.69) is 32.7 Å². The number of anilines is 1. The number of fused-ring (bicyclic) bond motifs is 1. The van der Waals surface area contributed by atoms with Crippen LogP contribution in [0.4, 0.5) is 5.82 Å². The Morgan fingerprint density at radius 1 is 1.50 bits per heavy atom. The monoisotopic (exact) mass is 221 g/mol. The van der Waals surface area contributed by atoms with Gasteiger partial charge in [-0.1, -0.05) is 0 Å². The number of hydrogen-bond acceptors (Lipinski definition) is 6. The van der Waals surface area contributed by atoms with Crippen molar-refractivity contribution in [2.24, 2.45) is 5.73 Å². The second kappa shape index (κ2) is 4.84. The fourth-order valence-electron chi connectivity index (χ4n) is 1.52. The van der Waals surface area contributed by atoms with E-state index in [1.807, 2.05) is 0 Å². The van der Waals surface area contributed by atoms with E-state index < -0.39 is 0 Å². The lowest BCUT2D eigenvalue weighted by atomic mass is 10.2. The van der Waals surface area contributed by atoms with Gasteiger partial charge in [0.2, 0.25) is 0 Å². The molecule has 2 aromatic rings. The van der Waals surface area contributed by atoms with E-state index in [0.29, 0.717) is 18.2 Å². The Balaban J connectivity index is 2.11. The molecule has 1 atom stereocenters. The number of tetrazole rings is 1. The molecule has 0 aliphatic carbocycles. The average Bonchev–Trinajstić information content (AvgIpc) is 2.75. The first-order chi connectivity index (χ1) is 7.81. The van der Waals surface area contributed by atoms with Crippen molar-refractivity contribution in [2.45, 2.75) is 25.8 Å². The Morgan fingerprint density at radius 3 is 3.19 bits per heavy atom. The van der Waals surface area contributed by atoms with Gasteiger partial charge in [0.05, 0.1) is 12.4 Å². The third-order valence-electron chi connectivity index (χ3n) is 2.34. The zero-order valence-electron chi connectivity index (χ0n) is 9.17. The molecule has 3 N–H and O–H groups in total. The van der Waals surface area contributed by atoms with Crippen molar-refractivity contribution < 1.29 is 0 Å². The molecule has 16 heavy (non-hydrogen) atoms. The first-order valence-corrected chi connectivity index (χ1v) is 5.30. The molecule has 2 rings (SSSR count). The molecule has 2 aromatic heterocycles. The summed E-state index contributed by atoms with van der Waals surface area (Å²) in [4.78, 5) is 4.07. The minimum atomic E-state index is 0.320. The standard InChI is InChI=1S/C9H15N7/c1-7(3-2-4-10)12-8-5-11-6-9-13-14-15-16(8)9/h5-7,12H,2-4,10H2,1H3. The highest BCUT2D eigenvalue weighted by atomic mass is 15.5.